The number of rotatable bonds is 4. The van der Waals surface area contributed by atoms with Crippen LogP contribution in [0.4, 0.5) is 8.78 Å². The minimum absolute atomic E-state index is 0.0794. The molecule has 1 saturated heterocycles. The lowest BCUT2D eigenvalue weighted by molar-refractivity contribution is 0.00462. The van der Waals surface area contributed by atoms with Gasteiger partial charge in [0.1, 0.15) is 22.8 Å². The molecule has 35 heavy (non-hydrogen) atoms. The molecule has 7 nitrogen and oxygen atoms in total. The van der Waals surface area contributed by atoms with E-state index in [-0.39, 0.29) is 17.6 Å². The Balaban J connectivity index is 1.30. The first-order chi connectivity index (χ1) is 17.1. The van der Waals surface area contributed by atoms with E-state index in [0.29, 0.717) is 42.6 Å². The summed E-state index contributed by atoms with van der Waals surface area (Å²) in [6, 6.07) is 6.00. The number of benzene rings is 1. The van der Waals surface area contributed by atoms with E-state index in [1.165, 1.54) is 25.0 Å². The number of pyridine rings is 1. The minimum Gasteiger partial charge on any atom is -0.373 e. The predicted molar refractivity (Wildman–Crippen MR) is 122 cm³/mol. The highest BCUT2D eigenvalue weighted by Gasteiger charge is 2.31. The molecule has 5 heterocycles. The molecular formula is C26H23F2N5O2. The predicted octanol–water partition coefficient (Wildman–Crippen LogP) is 5.17. The summed E-state index contributed by atoms with van der Waals surface area (Å²) < 4.78 is 42.2. The van der Waals surface area contributed by atoms with Crippen molar-refractivity contribution in [3.8, 4) is 11.3 Å². The first-order valence-electron chi connectivity index (χ1n) is 12.0. The average Bonchev–Trinajstić information content (AvgIpc) is 3.41. The molecule has 1 aliphatic carbocycles. The third kappa shape index (κ3) is 3.79. The van der Waals surface area contributed by atoms with Crippen LogP contribution in [0, 0.1) is 11.6 Å². The summed E-state index contributed by atoms with van der Waals surface area (Å²) in [5, 5.41) is 4.51. The zero-order valence-electron chi connectivity index (χ0n) is 19.0. The molecule has 1 saturated carbocycles. The van der Waals surface area contributed by atoms with Gasteiger partial charge in [-0.25, -0.2) is 23.7 Å². The highest BCUT2D eigenvalue weighted by Crippen LogP contribution is 2.40. The lowest BCUT2D eigenvalue weighted by Gasteiger charge is -2.29. The molecule has 3 aliphatic rings. The second-order valence-corrected chi connectivity index (χ2v) is 9.56. The normalized spacial score (nSPS) is 22.0. The Labute approximate surface area is 200 Å². The Morgan fingerprint density at radius 2 is 1.83 bits per heavy atom. The quantitative estimate of drug-likeness (QED) is 0.406. The molecule has 2 atom stereocenters. The SMILES string of the molecule is Fc1ccc(-c2nc(C3CCOC(c4cnn(C5CC5)c4)C3)cc3nc4c(nc23)COC4)c(F)c1. The number of halogens is 2. The highest BCUT2D eigenvalue weighted by atomic mass is 19.1. The summed E-state index contributed by atoms with van der Waals surface area (Å²) in [6.07, 6.45) is 7.79. The number of hydrogen-bond acceptors (Lipinski definition) is 6. The van der Waals surface area contributed by atoms with Crippen LogP contribution in [0.1, 0.15) is 66.4 Å². The second-order valence-electron chi connectivity index (χ2n) is 9.56. The summed E-state index contributed by atoms with van der Waals surface area (Å²) in [4.78, 5) is 14.4. The van der Waals surface area contributed by atoms with E-state index < -0.39 is 11.6 Å². The zero-order chi connectivity index (χ0) is 23.5. The maximum Gasteiger partial charge on any atom is 0.135 e. The lowest BCUT2D eigenvalue weighted by atomic mass is 9.89. The van der Waals surface area contributed by atoms with Gasteiger partial charge in [0, 0.05) is 41.6 Å². The van der Waals surface area contributed by atoms with Crippen LogP contribution in [-0.2, 0) is 22.7 Å². The Morgan fingerprint density at radius 3 is 2.66 bits per heavy atom. The fraction of sp³-hybridized carbons (Fsp3) is 0.385. The van der Waals surface area contributed by atoms with Gasteiger partial charge in [0.2, 0.25) is 0 Å². The van der Waals surface area contributed by atoms with E-state index in [2.05, 4.69) is 11.3 Å². The smallest absolute Gasteiger partial charge is 0.135 e. The van der Waals surface area contributed by atoms with Gasteiger partial charge in [0.25, 0.3) is 0 Å². The van der Waals surface area contributed by atoms with Crippen molar-refractivity contribution in [2.75, 3.05) is 6.61 Å². The van der Waals surface area contributed by atoms with Gasteiger partial charge < -0.3 is 9.47 Å². The molecule has 2 unspecified atom stereocenters. The van der Waals surface area contributed by atoms with E-state index in [0.717, 1.165) is 41.6 Å². The Morgan fingerprint density at radius 1 is 0.971 bits per heavy atom. The van der Waals surface area contributed by atoms with E-state index >= 15 is 0 Å². The number of ether oxygens (including phenoxy) is 2. The Bertz CT molecular complexity index is 1450. The highest BCUT2D eigenvalue weighted by molar-refractivity contribution is 5.89. The van der Waals surface area contributed by atoms with Crippen LogP contribution in [0.5, 0.6) is 0 Å². The van der Waals surface area contributed by atoms with Crippen LogP contribution in [-0.4, -0.2) is 31.3 Å². The van der Waals surface area contributed by atoms with Crippen molar-refractivity contribution in [1.82, 2.24) is 24.7 Å². The Kier molecular flexibility index (Phi) is 4.89. The fourth-order valence-corrected chi connectivity index (χ4v) is 5.06. The molecule has 4 aromatic rings. The summed E-state index contributed by atoms with van der Waals surface area (Å²) in [5.74, 6) is -1.21. The molecule has 0 N–H and O–H groups in total. The topological polar surface area (TPSA) is 75.0 Å². The second kappa shape index (κ2) is 8.13. The molecule has 9 heteroatoms. The maximum atomic E-state index is 14.9. The largest absolute Gasteiger partial charge is 0.373 e. The van der Waals surface area contributed by atoms with Crippen molar-refractivity contribution >= 4 is 11.0 Å². The van der Waals surface area contributed by atoms with Gasteiger partial charge in [-0.3, -0.25) is 4.68 Å². The summed E-state index contributed by atoms with van der Waals surface area (Å²) in [6.45, 7) is 1.36. The third-order valence-electron chi connectivity index (χ3n) is 7.11. The van der Waals surface area contributed by atoms with Gasteiger partial charge >= 0.3 is 0 Å². The molecule has 0 radical (unpaired) electrons. The molecular weight excluding hydrogens is 452 g/mol. The summed E-state index contributed by atoms with van der Waals surface area (Å²) in [7, 11) is 0. The number of aromatic nitrogens is 5. The number of nitrogens with zero attached hydrogens (tertiary/aromatic N) is 5. The first-order valence-corrected chi connectivity index (χ1v) is 12.0. The third-order valence-corrected chi connectivity index (χ3v) is 7.11. The number of fused-ring (bicyclic) bond motifs is 2. The minimum atomic E-state index is -0.674. The van der Waals surface area contributed by atoms with Crippen molar-refractivity contribution in [2.24, 2.45) is 0 Å². The average molecular weight is 475 g/mol. The van der Waals surface area contributed by atoms with E-state index in [9.17, 15) is 8.78 Å². The molecule has 0 spiro atoms. The first kappa shape index (κ1) is 21.0. The van der Waals surface area contributed by atoms with E-state index in [4.69, 9.17) is 24.4 Å². The molecule has 178 valence electrons. The molecule has 0 amide bonds. The van der Waals surface area contributed by atoms with Crippen LogP contribution >= 0.6 is 0 Å². The Hall–Kier alpha value is -3.30. The molecule has 2 aliphatic heterocycles. The molecule has 1 aromatic carbocycles. The van der Waals surface area contributed by atoms with Crippen molar-refractivity contribution in [2.45, 2.75) is 57.0 Å². The van der Waals surface area contributed by atoms with Gasteiger partial charge in [-0.05, 0) is 43.9 Å². The van der Waals surface area contributed by atoms with E-state index in [1.807, 2.05) is 16.9 Å². The number of hydrogen-bond donors (Lipinski definition) is 0. The van der Waals surface area contributed by atoms with Gasteiger partial charge in [0.15, 0.2) is 0 Å². The lowest BCUT2D eigenvalue weighted by Crippen LogP contribution is -2.19. The van der Waals surface area contributed by atoms with Crippen LogP contribution in [0.2, 0.25) is 0 Å². The van der Waals surface area contributed by atoms with Gasteiger partial charge in [0.05, 0.1) is 48.5 Å². The molecule has 7 rings (SSSR count). The van der Waals surface area contributed by atoms with Crippen LogP contribution in [0.3, 0.4) is 0 Å². The van der Waals surface area contributed by atoms with Crippen LogP contribution < -0.4 is 0 Å². The standard InChI is InChI=1S/C26H23F2N5O2/c27-16-1-4-18(19(28)8-16)25-26-21(30-22-12-34-13-23(22)32-26)9-20(31-25)14-5-6-35-24(7-14)15-10-29-33(11-15)17-2-3-17/h1,4,8-11,14,17,24H,2-3,5-7,12-13H2. The van der Waals surface area contributed by atoms with Crippen molar-refractivity contribution in [3.63, 3.8) is 0 Å². The molecule has 2 fully saturated rings. The van der Waals surface area contributed by atoms with Crippen LogP contribution in [0.15, 0.2) is 36.7 Å². The zero-order valence-corrected chi connectivity index (χ0v) is 19.0. The van der Waals surface area contributed by atoms with Gasteiger partial charge in [-0.1, -0.05) is 0 Å². The summed E-state index contributed by atoms with van der Waals surface area (Å²) >= 11 is 0. The van der Waals surface area contributed by atoms with Crippen molar-refractivity contribution < 1.29 is 18.3 Å². The molecule has 3 aromatic heterocycles. The summed E-state index contributed by atoms with van der Waals surface area (Å²) in [5.41, 5.74) is 5.13. The maximum absolute atomic E-state index is 14.9. The van der Waals surface area contributed by atoms with Gasteiger partial charge in [-0.2, -0.15) is 5.10 Å². The van der Waals surface area contributed by atoms with Crippen molar-refractivity contribution in [1.29, 1.82) is 0 Å². The monoisotopic (exact) mass is 475 g/mol. The van der Waals surface area contributed by atoms with Crippen molar-refractivity contribution in [3.05, 3.63) is 70.9 Å². The molecule has 0 bridgehead atoms. The van der Waals surface area contributed by atoms with Crippen LogP contribution in [0.25, 0.3) is 22.3 Å². The van der Waals surface area contributed by atoms with Gasteiger partial charge in [-0.15, -0.1) is 0 Å². The van der Waals surface area contributed by atoms with E-state index in [1.54, 1.807) is 0 Å². The fourth-order valence-electron chi connectivity index (χ4n) is 5.06.